The smallest absolute Gasteiger partial charge is 0.294 e. The zero-order chi connectivity index (χ0) is 33.9. The highest BCUT2D eigenvalue weighted by atomic mass is 16.5. The minimum absolute atomic E-state index is 0.549. The van der Waals surface area contributed by atoms with Crippen molar-refractivity contribution in [2.75, 3.05) is 9.80 Å². The van der Waals surface area contributed by atoms with Gasteiger partial charge in [-0.15, -0.1) is 0 Å². The van der Waals surface area contributed by atoms with E-state index in [0.29, 0.717) is 18.0 Å². The molecule has 0 N–H and O–H groups in total. The Balaban J connectivity index is 1.36. The average Bonchev–Trinajstić information content (AvgIpc) is 3.17. The molecule has 0 atom stereocenters. The normalized spacial score (nSPS) is 12.5. The van der Waals surface area contributed by atoms with Gasteiger partial charge in [0.05, 0.1) is 0 Å². The number of benzene rings is 7. The highest BCUT2D eigenvalue weighted by Crippen LogP contribution is 2.55. The molecule has 0 fully saturated rings. The van der Waals surface area contributed by atoms with Crippen molar-refractivity contribution >= 4 is 40.6 Å². The molecule has 50 heavy (non-hydrogen) atoms. The van der Waals surface area contributed by atoms with Gasteiger partial charge in [0, 0.05) is 62.9 Å². The first kappa shape index (κ1) is 30.7. The number of anilines is 6. The number of fused-ring (bicyclic) bond motifs is 2. The van der Waals surface area contributed by atoms with Gasteiger partial charge >= 0.3 is 0 Å². The Morgan fingerprint density at radius 2 is 0.840 bits per heavy atom. The van der Waals surface area contributed by atoms with Gasteiger partial charge in [0.2, 0.25) is 0 Å². The molecule has 5 heteroatoms. The number of carbonyl (C=O) groups is 1. The molecule has 0 bridgehead atoms. The maximum absolute atomic E-state index is 12.6. The molecule has 8 rings (SSSR count). The molecule has 0 unspecified atom stereocenters. The number of nitrogens with zero attached hydrogens (tertiary/aromatic N) is 2. The van der Waals surface area contributed by atoms with Crippen LogP contribution in [0.2, 0.25) is 0 Å². The molecule has 1 aliphatic rings. The van der Waals surface area contributed by atoms with Gasteiger partial charge in [-0.1, -0.05) is 97.1 Å². The maximum Gasteiger partial charge on any atom is 0.294 e. The molecule has 1 aliphatic heterocycles. The van der Waals surface area contributed by atoms with Crippen molar-refractivity contribution in [3.63, 3.8) is 0 Å². The van der Waals surface area contributed by atoms with E-state index in [-0.39, 0.29) is 0 Å². The molecular formula is C45H34N2O3. The second-order valence-corrected chi connectivity index (χ2v) is 12.2. The third kappa shape index (κ3) is 5.35. The molecule has 0 saturated carbocycles. The van der Waals surface area contributed by atoms with Crippen LogP contribution < -0.4 is 14.5 Å². The van der Waals surface area contributed by atoms with E-state index in [1.165, 1.54) is 0 Å². The lowest BCUT2D eigenvalue weighted by molar-refractivity contribution is -0.137. The molecule has 5 nitrogen and oxygen atoms in total. The van der Waals surface area contributed by atoms with Crippen molar-refractivity contribution in [2.24, 2.45) is 0 Å². The van der Waals surface area contributed by atoms with Gasteiger partial charge in [0.1, 0.15) is 11.5 Å². The van der Waals surface area contributed by atoms with Crippen molar-refractivity contribution < 1.29 is 14.3 Å². The summed E-state index contributed by atoms with van der Waals surface area (Å²) < 4.78 is 13.3. The Bertz CT molecular complexity index is 2050. The van der Waals surface area contributed by atoms with E-state index < -0.39 is 5.60 Å². The van der Waals surface area contributed by atoms with Gasteiger partial charge in [0.15, 0.2) is 5.60 Å². The molecule has 0 saturated heterocycles. The fourth-order valence-electron chi connectivity index (χ4n) is 7.04. The monoisotopic (exact) mass is 650 g/mol. The van der Waals surface area contributed by atoms with Crippen molar-refractivity contribution in [1.29, 1.82) is 0 Å². The zero-order valence-electron chi connectivity index (χ0n) is 27.5. The number of hydrogen-bond donors (Lipinski definition) is 0. The summed E-state index contributed by atoms with van der Waals surface area (Å²) in [5.41, 5.74) is 7.92. The van der Waals surface area contributed by atoms with Gasteiger partial charge in [-0.2, -0.15) is 0 Å². The Hall–Kier alpha value is -6.59. The maximum atomic E-state index is 12.6. The lowest BCUT2D eigenvalue weighted by Crippen LogP contribution is -2.36. The Morgan fingerprint density at radius 1 is 0.460 bits per heavy atom. The predicted octanol–water partition coefficient (Wildman–Crippen LogP) is 11.5. The number of carbonyl (C=O) groups excluding carboxylic acids is 1. The van der Waals surface area contributed by atoms with Gasteiger partial charge in [-0.3, -0.25) is 4.79 Å². The van der Waals surface area contributed by atoms with E-state index in [0.717, 1.165) is 56.4 Å². The third-order valence-corrected chi connectivity index (χ3v) is 9.23. The van der Waals surface area contributed by atoms with E-state index >= 15 is 0 Å². The molecule has 0 radical (unpaired) electrons. The Kier molecular flexibility index (Phi) is 8.07. The third-order valence-electron chi connectivity index (χ3n) is 9.23. The summed E-state index contributed by atoms with van der Waals surface area (Å²) in [5.74, 6) is 1.19. The number of rotatable bonds is 9. The number of hydrogen-bond acceptors (Lipinski definition) is 5. The fourth-order valence-corrected chi connectivity index (χ4v) is 7.04. The molecule has 0 amide bonds. The summed E-state index contributed by atoms with van der Waals surface area (Å²) in [5, 5.41) is 0. The van der Waals surface area contributed by atoms with Crippen LogP contribution >= 0.6 is 0 Å². The van der Waals surface area contributed by atoms with Crippen molar-refractivity contribution in [3.8, 4) is 11.5 Å². The lowest BCUT2D eigenvalue weighted by atomic mass is 9.76. The van der Waals surface area contributed by atoms with Crippen LogP contribution in [0, 0.1) is 6.92 Å². The molecular weight excluding hydrogens is 617 g/mol. The van der Waals surface area contributed by atoms with Crippen molar-refractivity contribution in [2.45, 2.75) is 12.5 Å². The Labute approximate surface area is 292 Å². The highest BCUT2D eigenvalue weighted by molar-refractivity contribution is 5.81. The average molecular weight is 651 g/mol. The zero-order valence-corrected chi connectivity index (χ0v) is 27.5. The number of ether oxygens (including phenoxy) is 2. The first-order valence-corrected chi connectivity index (χ1v) is 16.6. The molecule has 0 aliphatic carbocycles. The van der Waals surface area contributed by atoms with Crippen LogP contribution in [0.5, 0.6) is 11.5 Å². The quantitative estimate of drug-likeness (QED) is 0.145. The summed E-state index contributed by atoms with van der Waals surface area (Å²) in [7, 11) is 0. The van der Waals surface area contributed by atoms with E-state index in [1.54, 1.807) is 0 Å². The summed E-state index contributed by atoms with van der Waals surface area (Å²) in [4.78, 5) is 17.0. The predicted molar refractivity (Wildman–Crippen MR) is 201 cm³/mol. The summed E-state index contributed by atoms with van der Waals surface area (Å²) in [6, 6.07) is 61.3. The van der Waals surface area contributed by atoms with Gasteiger partial charge in [-0.05, 0) is 85.3 Å². The van der Waals surface area contributed by atoms with Gasteiger partial charge in [0.25, 0.3) is 6.47 Å². The van der Waals surface area contributed by atoms with Crippen LogP contribution in [-0.4, -0.2) is 6.47 Å². The SMILES string of the molecule is Cc1ccccc1C1(OC=O)c2ccc(N(c3ccccc3)c3ccccc3)cc2Oc2cc(N(c3ccccc3)c3ccccc3)ccc21. The largest absolute Gasteiger partial charge is 0.456 e. The van der Waals surface area contributed by atoms with E-state index in [4.69, 9.17) is 9.47 Å². The minimum Gasteiger partial charge on any atom is -0.456 e. The molecule has 7 aromatic rings. The van der Waals surface area contributed by atoms with E-state index in [1.807, 2.05) is 128 Å². The topological polar surface area (TPSA) is 42.0 Å². The minimum atomic E-state index is -1.26. The molecule has 1 heterocycles. The first-order valence-electron chi connectivity index (χ1n) is 16.6. The molecule has 7 aromatic carbocycles. The Morgan fingerprint density at radius 3 is 1.22 bits per heavy atom. The second-order valence-electron chi connectivity index (χ2n) is 12.2. The summed E-state index contributed by atoms with van der Waals surface area (Å²) >= 11 is 0. The second kappa shape index (κ2) is 13.1. The van der Waals surface area contributed by atoms with E-state index in [2.05, 4.69) is 70.5 Å². The number of para-hydroxylation sites is 4. The van der Waals surface area contributed by atoms with Crippen LogP contribution in [0.1, 0.15) is 22.3 Å². The molecule has 0 aromatic heterocycles. The van der Waals surface area contributed by atoms with E-state index in [9.17, 15) is 4.79 Å². The van der Waals surface area contributed by atoms with Crippen molar-refractivity contribution in [1.82, 2.24) is 0 Å². The fraction of sp³-hybridized carbons (Fsp3) is 0.0444. The highest BCUT2D eigenvalue weighted by Gasteiger charge is 2.47. The lowest BCUT2D eigenvalue weighted by Gasteiger charge is -2.40. The number of aryl methyl sites for hydroxylation is 1. The van der Waals surface area contributed by atoms with Crippen molar-refractivity contribution in [3.05, 3.63) is 204 Å². The van der Waals surface area contributed by atoms with Gasteiger partial charge in [-0.25, -0.2) is 0 Å². The first-order chi connectivity index (χ1) is 24.7. The summed E-state index contributed by atoms with van der Waals surface area (Å²) in [6.45, 7) is 2.59. The van der Waals surface area contributed by atoms with Crippen LogP contribution in [0.15, 0.2) is 182 Å². The van der Waals surface area contributed by atoms with Crippen LogP contribution in [0.3, 0.4) is 0 Å². The van der Waals surface area contributed by atoms with Crippen LogP contribution in [0.25, 0.3) is 0 Å². The van der Waals surface area contributed by atoms with Crippen LogP contribution in [0.4, 0.5) is 34.1 Å². The standard InChI is InChI=1S/C45H34N2O3/c1-33-16-14-15-25-40(33)45(49-32-48)41-28-26-38(46(34-17-6-2-7-18-34)35-19-8-3-9-20-35)30-43(41)50-44-31-39(27-29-42(44)45)47(36-21-10-4-11-22-36)37-23-12-5-13-24-37/h2-32H,1H3. The van der Waals surface area contributed by atoms with Gasteiger partial charge < -0.3 is 19.3 Å². The molecule has 0 spiro atoms. The van der Waals surface area contributed by atoms with Crippen LogP contribution in [-0.2, 0) is 15.1 Å². The molecule has 242 valence electrons. The summed E-state index contributed by atoms with van der Waals surface area (Å²) in [6.07, 6.45) is 0.